The highest BCUT2D eigenvalue weighted by Crippen LogP contribution is 2.18. The van der Waals surface area contributed by atoms with Crippen molar-refractivity contribution in [3.8, 4) is 0 Å². The first-order chi connectivity index (χ1) is 38.0. The minimum Gasteiger partial charge on any atom is -0.462 e. The number of hydrogen-bond donors (Lipinski definition) is 0. The molecule has 0 spiro atoms. The first-order valence-corrected chi connectivity index (χ1v) is 33.8. The molecule has 0 saturated heterocycles. The van der Waals surface area contributed by atoms with Crippen molar-refractivity contribution in [2.75, 3.05) is 13.2 Å². The third-order valence-corrected chi connectivity index (χ3v) is 15.0. The largest absolute Gasteiger partial charge is 0.462 e. The van der Waals surface area contributed by atoms with Crippen molar-refractivity contribution >= 4 is 17.9 Å². The maximum absolute atomic E-state index is 12.9. The van der Waals surface area contributed by atoms with E-state index in [1.807, 2.05) is 0 Å². The number of hydrogen-bond acceptors (Lipinski definition) is 6. The van der Waals surface area contributed by atoms with E-state index in [9.17, 15) is 14.4 Å². The zero-order valence-corrected chi connectivity index (χ0v) is 51.5. The normalized spacial score (nSPS) is 12.4. The molecule has 0 aliphatic heterocycles. The summed E-state index contributed by atoms with van der Waals surface area (Å²) in [7, 11) is 0. The lowest BCUT2D eigenvalue weighted by Gasteiger charge is -2.18. The van der Waals surface area contributed by atoms with Gasteiger partial charge in [0.15, 0.2) is 6.10 Å². The van der Waals surface area contributed by atoms with Gasteiger partial charge in [0.2, 0.25) is 0 Å². The molecule has 0 saturated carbocycles. The fourth-order valence-electron chi connectivity index (χ4n) is 10.0. The fourth-order valence-corrected chi connectivity index (χ4v) is 10.0. The van der Waals surface area contributed by atoms with E-state index in [0.29, 0.717) is 19.3 Å². The van der Waals surface area contributed by atoms with Crippen molar-refractivity contribution in [3.63, 3.8) is 0 Å². The Morgan fingerprint density at radius 3 is 0.792 bits per heavy atom. The van der Waals surface area contributed by atoms with Gasteiger partial charge in [0, 0.05) is 19.3 Å². The highest BCUT2D eigenvalue weighted by atomic mass is 16.6. The van der Waals surface area contributed by atoms with E-state index in [1.165, 1.54) is 218 Å². The van der Waals surface area contributed by atoms with Crippen molar-refractivity contribution < 1.29 is 28.6 Å². The topological polar surface area (TPSA) is 78.9 Å². The molecule has 6 heteroatoms. The van der Waals surface area contributed by atoms with Crippen LogP contribution in [0.4, 0.5) is 0 Å². The standard InChI is InChI=1S/C71H128O6/c1-4-7-10-13-16-19-22-24-26-28-30-31-32-33-34-35-36-37-38-39-41-42-44-46-49-52-55-58-61-64-70(73)76-67-68(66-75-69(72)63-60-57-54-51-48-21-18-15-12-9-6-3)77-71(74)65-62-59-56-53-50-47-45-43-40-29-27-25-23-20-17-14-11-8-5-2/h8,11,17,20,25,27,40,43,47,50,68H,4-7,9-10,12-16,18-19,21-24,26,28-39,41-42,44-46,48-49,51-67H2,1-3H3/b11-8-,20-17-,27-25-,43-40-,50-47-. The van der Waals surface area contributed by atoms with Crippen LogP contribution in [0.2, 0.25) is 0 Å². The molecule has 448 valence electrons. The molecule has 1 atom stereocenters. The van der Waals surface area contributed by atoms with Gasteiger partial charge < -0.3 is 14.2 Å². The first kappa shape index (κ1) is 74.1. The smallest absolute Gasteiger partial charge is 0.306 e. The fraction of sp³-hybridized carbons (Fsp3) is 0.817. The Labute approximate surface area is 479 Å². The number of ether oxygens (including phenoxy) is 3. The second-order valence-electron chi connectivity index (χ2n) is 22.7. The molecule has 0 bridgehead atoms. The zero-order chi connectivity index (χ0) is 55.7. The number of carbonyl (C=O) groups excluding carboxylic acids is 3. The van der Waals surface area contributed by atoms with Gasteiger partial charge in [-0.1, -0.05) is 332 Å². The summed E-state index contributed by atoms with van der Waals surface area (Å²) in [6, 6.07) is 0. The second kappa shape index (κ2) is 65.6. The lowest BCUT2D eigenvalue weighted by atomic mass is 10.0. The van der Waals surface area contributed by atoms with Crippen molar-refractivity contribution in [2.24, 2.45) is 0 Å². The van der Waals surface area contributed by atoms with Crippen LogP contribution in [0, 0.1) is 0 Å². The Bertz CT molecular complexity index is 1380. The highest BCUT2D eigenvalue weighted by Gasteiger charge is 2.19. The third-order valence-electron chi connectivity index (χ3n) is 15.0. The summed E-state index contributed by atoms with van der Waals surface area (Å²) in [5.41, 5.74) is 0. The average Bonchev–Trinajstić information content (AvgIpc) is 3.43. The van der Waals surface area contributed by atoms with E-state index in [1.54, 1.807) is 0 Å². The molecule has 0 radical (unpaired) electrons. The van der Waals surface area contributed by atoms with Crippen LogP contribution >= 0.6 is 0 Å². The van der Waals surface area contributed by atoms with Gasteiger partial charge >= 0.3 is 17.9 Å². The molecule has 77 heavy (non-hydrogen) atoms. The van der Waals surface area contributed by atoms with Crippen LogP contribution < -0.4 is 0 Å². The minimum atomic E-state index is -0.789. The second-order valence-corrected chi connectivity index (χ2v) is 22.7. The molecule has 0 aliphatic rings. The summed E-state index contributed by atoms with van der Waals surface area (Å²) in [6.07, 6.45) is 84.0. The molecule has 6 nitrogen and oxygen atoms in total. The number of esters is 3. The minimum absolute atomic E-state index is 0.0834. The highest BCUT2D eigenvalue weighted by molar-refractivity contribution is 5.71. The Morgan fingerprint density at radius 1 is 0.273 bits per heavy atom. The molecule has 0 aromatic heterocycles. The average molecular weight is 1080 g/mol. The molecule has 0 aromatic rings. The van der Waals surface area contributed by atoms with Crippen LogP contribution in [0.25, 0.3) is 0 Å². The summed E-state index contributed by atoms with van der Waals surface area (Å²) in [4.78, 5) is 38.3. The maximum Gasteiger partial charge on any atom is 0.306 e. The molecule has 0 amide bonds. The Balaban J connectivity index is 4.19. The zero-order valence-electron chi connectivity index (χ0n) is 51.5. The summed E-state index contributed by atoms with van der Waals surface area (Å²) < 4.78 is 16.9. The Morgan fingerprint density at radius 2 is 0.506 bits per heavy atom. The van der Waals surface area contributed by atoms with Gasteiger partial charge in [-0.15, -0.1) is 0 Å². The summed E-state index contributed by atoms with van der Waals surface area (Å²) in [5, 5.41) is 0. The van der Waals surface area contributed by atoms with Gasteiger partial charge in [0.05, 0.1) is 0 Å². The molecular formula is C71H128O6. The number of allylic oxidation sites excluding steroid dienone is 10. The molecule has 0 aromatic carbocycles. The SMILES string of the molecule is CC/C=C\C/C=C\C/C=C\C/C=C\C/C=C\CCCCCC(=O)OC(COC(=O)CCCCCCCCCCCCC)COC(=O)CCCCCCCCCCCCCCCCCCCCCCCCCCCCCCC. The molecule has 0 aliphatic carbocycles. The Hall–Kier alpha value is -2.89. The lowest BCUT2D eigenvalue weighted by molar-refractivity contribution is -0.167. The van der Waals surface area contributed by atoms with Crippen LogP contribution in [0.3, 0.4) is 0 Å². The van der Waals surface area contributed by atoms with Gasteiger partial charge in [0.25, 0.3) is 0 Å². The Kier molecular flexibility index (Phi) is 63.2. The molecule has 0 heterocycles. The molecule has 0 fully saturated rings. The van der Waals surface area contributed by atoms with Gasteiger partial charge in [-0.3, -0.25) is 14.4 Å². The lowest BCUT2D eigenvalue weighted by Crippen LogP contribution is -2.30. The summed E-state index contributed by atoms with van der Waals surface area (Å²) >= 11 is 0. The number of unbranched alkanes of at least 4 members (excludes halogenated alkanes) is 41. The summed E-state index contributed by atoms with van der Waals surface area (Å²) in [5.74, 6) is -0.897. The molecule has 0 N–H and O–H groups in total. The van der Waals surface area contributed by atoms with E-state index in [-0.39, 0.29) is 31.1 Å². The van der Waals surface area contributed by atoms with Crippen LogP contribution in [-0.2, 0) is 28.6 Å². The number of rotatable bonds is 62. The van der Waals surface area contributed by atoms with E-state index < -0.39 is 6.10 Å². The first-order valence-electron chi connectivity index (χ1n) is 33.8. The van der Waals surface area contributed by atoms with Crippen LogP contribution in [0.1, 0.15) is 355 Å². The predicted octanol–water partition coefficient (Wildman–Crippen LogP) is 23.1. The number of carbonyl (C=O) groups is 3. The van der Waals surface area contributed by atoms with Gasteiger partial charge in [-0.2, -0.15) is 0 Å². The van der Waals surface area contributed by atoms with Crippen LogP contribution in [0.15, 0.2) is 60.8 Å². The summed E-state index contributed by atoms with van der Waals surface area (Å²) in [6.45, 7) is 6.54. The van der Waals surface area contributed by atoms with Crippen molar-refractivity contribution in [2.45, 2.75) is 361 Å². The van der Waals surface area contributed by atoms with E-state index >= 15 is 0 Å². The maximum atomic E-state index is 12.9. The van der Waals surface area contributed by atoms with E-state index in [4.69, 9.17) is 14.2 Å². The molecule has 0 rings (SSSR count). The van der Waals surface area contributed by atoms with Crippen molar-refractivity contribution in [1.82, 2.24) is 0 Å². The van der Waals surface area contributed by atoms with Crippen molar-refractivity contribution in [3.05, 3.63) is 60.8 Å². The van der Waals surface area contributed by atoms with E-state index in [0.717, 1.165) is 96.3 Å². The van der Waals surface area contributed by atoms with Gasteiger partial charge in [-0.25, -0.2) is 0 Å². The van der Waals surface area contributed by atoms with E-state index in [2.05, 4.69) is 81.5 Å². The van der Waals surface area contributed by atoms with Crippen LogP contribution in [-0.4, -0.2) is 37.2 Å². The van der Waals surface area contributed by atoms with Crippen molar-refractivity contribution in [1.29, 1.82) is 0 Å². The molecule has 1 unspecified atom stereocenters. The van der Waals surface area contributed by atoms with Gasteiger partial charge in [-0.05, 0) is 64.2 Å². The third kappa shape index (κ3) is 63.8. The monoisotopic (exact) mass is 1080 g/mol. The van der Waals surface area contributed by atoms with Crippen LogP contribution in [0.5, 0.6) is 0 Å². The predicted molar refractivity (Wildman–Crippen MR) is 335 cm³/mol. The quantitative estimate of drug-likeness (QED) is 0.0261. The molecular weight excluding hydrogens is 949 g/mol. The van der Waals surface area contributed by atoms with Gasteiger partial charge in [0.1, 0.15) is 13.2 Å².